The van der Waals surface area contributed by atoms with Crippen molar-refractivity contribution in [1.82, 2.24) is 4.90 Å². The second-order valence-corrected chi connectivity index (χ2v) is 4.52. The van der Waals surface area contributed by atoms with E-state index < -0.39 is 0 Å². The molecule has 0 heterocycles. The Morgan fingerprint density at radius 3 is 1.92 bits per heavy atom. The van der Waals surface area contributed by atoms with Crippen molar-refractivity contribution < 1.29 is 0 Å². The van der Waals surface area contributed by atoms with E-state index in [1.807, 2.05) is 0 Å². The predicted octanol–water partition coefficient (Wildman–Crippen LogP) is 1.56. The van der Waals surface area contributed by atoms with Crippen LogP contribution in [0.2, 0.25) is 0 Å². The molecule has 0 aromatic rings. The van der Waals surface area contributed by atoms with Crippen LogP contribution in [0.15, 0.2) is 0 Å². The summed E-state index contributed by atoms with van der Waals surface area (Å²) in [6.07, 6.45) is 0. The Labute approximate surface area is 77.1 Å². The molecule has 2 N–H and O–H groups in total. The number of nitrogens with two attached hydrogens (primary N) is 1. The summed E-state index contributed by atoms with van der Waals surface area (Å²) in [4.78, 5) is 2.31. The zero-order chi connectivity index (χ0) is 9.72. The standard InChI is InChI=1S/C10H24N2/c1-8(2)6-12(5)7-10(11)9(3)4/h8-10H,6-7,11H2,1-5H3. The van der Waals surface area contributed by atoms with Crippen molar-refractivity contribution in [3.63, 3.8) is 0 Å². The van der Waals surface area contributed by atoms with Gasteiger partial charge in [-0.05, 0) is 18.9 Å². The molecule has 0 aliphatic heterocycles. The molecule has 0 bridgehead atoms. The highest BCUT2D eigenvalue weighted by Crippen LogP contribution is 2.02. The fourth-order valence-corrected chi connectivity index (χ4v) is 1.27. The summed E-state index contributed by atoms with van der Waals surface area (Å²) in [5.41, 5.74) is 5.95. The molecule has 0 rings (SSSR count). The third-order valence-corrected chi connectivity index (χ3v) is 2.06. The Morgan fingerprint density at radius 1 is 1.08 bits per heavy atom. The van der Waals surface area contributed by atoms with E-state index in [0.29, 0.717) is 12.0 Å². The van der Waals surface area contributed by atoms with Gasteiger partial charge in [-0.15, -0.1) is 0 Å². The lowest BCUT2D eigenvalue weighted by molar-refractivity contribution is 0.257. The number of likely N-dealkylation sites (N-methyl/N-ethyl adjacent to an activating group) is 1. The number of rotatable bonds is 5. The van der Waals surface area contributed by atoms with E-state index in [4.69, 9.17) is 5.73 Å². The molecule has 2 nitrogen and oxygen atoms in total. The molecule has 0 aliphatic rings. The topological polar surface area (TPSA) is 29.3 Å². The fourth-order valence-electron chi connectivity index (χ4n) is 1.27. The number of nitrogens with zero attached hydrogens (tertiary/aromatic N) is 1. The van der Waals surface area contributed by atoms with Crippen LogP contribution in [0.3, 0.4) is 0 Å². The number of hydrogen-bond donors (Lipinski definition) is 1. The van der Waals surface area contributed by atoms with Gasteiger partial charge >= 0.3 is 0 Å². The van der Waals surface area contributed by atoms with Gasteiger partial charge in [-0.3, -0.25) is 0 Å². The molecular weight excluding hydrogens is 148 g/mol. The van der Waals surface area contributed by atoms with Gasteiger partial charge < -0.3 is 10.6 Å². The summed E-state index contributed by atoms with van der Waals surface area (Å²) < 4.78 is 0. The predicted molar refractivity (Wildman–Crippen MR) is 55.1 cm³/mol. The van der Waals surface area contributed by atoms with E-state index in [-0.39, 0.29) is 0 Å². The van der Waals surface area contributed by atoms with Gasteiger partial charge in [-0.25, -0.2) is 0 Å². The lowest BCUT2D eigenvalue weighted by Gasteiger charge is -2.24. The molecule has 1 unspecified atom stereocenters. The molecule has 2 heteroatoms. The monoisotopic (exact) mass is 172 g/mol. The SMILES string of the molecule is CC(C)CN(C)CC(N)C(C)C. The van der Waals surface area contributed by atoms with Crippen LogP contribution >= 0.6 is 0 Å². The Hall–Kier alpha value is -0.0800. The average molecular weight is 172 g/mol. The largest absolute Gasteiger partial charge is 0.326 e. The summed E-state index contributed by atoms with van der Waals surface area (Å²) in [6.45, 7) is 11.0. The quantitative estimate of drug-likeness (QED) is 0.682. The highest BCUT2D eigenvalue weighted by Gasteiger charge is 2.10. The lowest BCUT2D eigenvalue weighted by atomic mass is 10.0. The second-order valence-electron chi connectivity index (χ2n) is 4.52. The van der Waals surface area contributed by atoms with Crippen LogP contribution < -0.4 is 5.73 Å². The average Bonchev–Trinajstić information content (AvgIpc) is 1.84. The van der Waals surface area contributed by atoms with Crippen LogP contribution in [0, 0.1) is 11.8 Å². The summed E-state index contributed by atoms with van der Waals surface area (Å²) in [5, 5.41) is 0. The maximum Gasteiger partial charge on any atom is 0.0191 e. The Bertz CT molecular complexity index is 110. The normalized spacial score (nSPS) is 14.8. The van der Waals surface area contributed by atoms with E-state index in [1.54, 1.807) is 0 Å². The van der Waals surface area contributed by atoms with Gasteiger partial charge in [0.2, 0.25) is 0 Å². The van der Waals surface area contributed by atoms with Crippen molar-refractivity contribution in [3.8, 4) is 0 Å². The lowest BCUT2D eigenvalue weighted by Crippen LogP contribution is -2.40. The molecule has 0 saturated carbocycles. The summed E-state index contributed by atoms with van der Waals surface area (Å²) in [5.74, 6) is 1.31. The van der Waals surface area contributed by atoms with E-state index >= 15 is 0 Å². The molecule has 0 saturated heterocycles. The van der Waals surface area contributed by atoms with Crippen LogP contribution in [0.5, 0.6) is 0 Å². The molecule has 0 aliphatic carbocycles. The summed E-state index contributed by atoms with van der Waals surface area (Å²) in [7, 11) is 2.14. The van der Waals surface area contributed by atoms with Gasteiger partial charge in [0.05, 0.1) is 0 Å². The summed E-state index contributed by atoms with van der Waals surface area (Å²) >= 11 is 0. The highest BCUT2D eigenvalue weighted by molar-refractivity contribution is 4.69. The molecule has 0 amide bonds. The van der Waals surface area contributed by atoms with Crippen molar-refractivity contribution in [2.45, 2.75) is 33.7 Å². The minimum absolute atomic E-state index is 0.314. The van der Waals surface area contributed by atoms with Crippen LogP contribution in [0.4, 0.5) is 0 Å². The molecule has 0 spiro atoms. The molecule has 0 fully saturated rings. The van der Waals surface area contributed by atoms with Gasteiger partial charge in [-0.2, -0.15) is 0 Å². The number of hydrogen-bond acceptors (Lipinski definition) is 2. The maximum atomic E-state index is 5.95. The van der Waals surface area contributed by atoms with Gasteiger partial charge in [0.15, 0.2) is 0 Å². The smallest absolute Gasteiger partial charge is 0.0191 e. The Morgan fingerprint density at radius 2 is 1.58 bits per heavy atom. The van der Waals surface area contributed by atoms with Crippen molar-refractivity contribution in [1.29, 1.82) is 0 Å². The first-order chi connectivity index (χ1) is 5.43. The van der Waals surface area contributed by atoms with Crippen molar-refractivity contribution in [3.05, 3.63) is 0 Å². The molecule has 0 aromatic carbocycles. The van der Waals surface area contributed by atoms with Gasteiger partial charge in [0.1, 0.15) is 0 Å². The first-order valence-electron chi connectivity index (χ1n) is 4.87. The van der Waals surface area contributed by atoms with Gasteiger partial charge in [0.25, 0.3) is 0 Å². The molecular formula is C10H24N2. The van der Waals surface area contributed by atoms with E-state index in [0.717, 1.165) is 19.0 Å². The zero-order valence-corrected chi connectivity index (χ0v) is 9.17. The Kier molecular flexibility index (Phi) is 5.51. The molecule has 0 aromatic heterocycles. The zero-order valence-electron chi connectivity index (χ0n) is 9.17. The van der Waals surface area contributed by atoms with Crippen molar-refractivity contribution in [2.24, 2.45) is 17.6 Å². The molecule has 12 heavy (non-hydrogen) atoms. The van der Waals surface area contributed by atoms with Crippen LogP contribution in [-0.4, -0.2) is 31.1 Å². The van der Waals surface area contributed by atoms with Crippen LogP contribution in [0.1, 0.15) is 27.7 Å². The third-order valence-electron chi connectivity index (χ3n) is 2.06. The first kappa shape index (κ1) is 11.9. The van der Waals surface area contributed by atoms with Crippen LogP contribution in [-0.2, 0) is 0 Å². The maximum absolute atomic E-state index is 5.95. The van der Waals surface area contributed by atoms with Gasteiger partial charge in [0, 0.05) is 19.1 Å². The summed E-state index contributed by atoms with van der Waals surface area (Å²) in [6, 6.07) is 0.314. The highest BCUT2D eigenvalue weighted by atomic mass is 15.1. The van der Waals surface area contributed by atoms with E-state index in [9.17, 15) is 0 Å². The molecule has 0 radical (unpaired) electrons. The van der Waals surface area contributed by atoms with Gasteiger partial charge in [-0.1, -0.05) is 27.7 Å². The van der Waals surface area contributed by atoms with Crippen LogP contribution in [0.25, 0.3) is 0 Å². The first-order valence-corrected chi connectivity index (χ1v) is 4.87. The van der Waals surface area contributed by atoms with Crippen molar-refractivity contribution >= 4 is 0 Å². The third kappa shape index (κ3) is 5.56. The minimum atomic E-state index is 0.314. The fraction of sp³-hybridized carbons (Fsp3) is 1.00. The van der Waals surface area contributed by atoms with E-state index in [2.05, 4.69) is 39.6 Å². The molecule has 74 valence electrons. The molecule has 1 atom stereocenters. The van der Waals surface area contributed by atoms with E-state index in [1.165, 1.54) is 0 Å². The Balaban J connectivity index is 3.61. The van der Waals surface area contributed by atoms with Crippen molar-refractivity contribution in [2.75, 3.05) is 20.1 Å². The second kappa shape index (κ2) is 5.55. The minimum Gasteiger partial charge on any atom is -0.326 e.